The second-order valence-electron chi connectivity index (χ2n) is 4.98. The molecule has 1 aromatic heterocycles. The van der Waals surface area contributed by atoms with Crippen LogP contribution in [0, 0.1) is 0 Å². The Labute approximate surface area is 128 Å². The van der Waals surface area contributed by atoms with Crippen LogP contribution in [0.25, 0.3) is 11.4 Å². The van der Waals surface area contributed by atoms with Crippen molar-refractivity contribution in [2.45, 2.75) is 12.5 Å². The Kier molecular flexibility index (Phi) is 4.16. The number of ether oxygens (including phenoxy) is 1. The van der Waals surface area contributed by atoms with Crippen molar-refractivity contribution in [3.8, 4) is 17.1 Å². The minimum Gasteiger partial charge on any atom is -0.497 e. The molecule has 0 saturated heterocycles. The molecular formula is C17H17N3O2. The van der Waals surface area contributed by atoms with E-state index < -0.39 is 0 Å². The van der Waals surface area contributed by atoms with Gasteiger partial charge in [0.05, 0.1) is 13.2 Å². The highest BCUT2D eigenvalue weighted by atomic mass is 16.5. The van der Waals surface area contributed by atoms with Gasteiger partial charge in [0.2, 0.25) is 11.7 Å². The van der Waals surface area contributed by atoms with E-state index in [2.05, 4.69) is 10.1 Å². The van der Waals surface area contributed by atoms with Crippen molar-refractivity contribution < 1.29 is 9.26 Å². The van der Waals surface area contributed by atoms with E-state index in [1.165, 1.54) is 0 Å². The molecule has 3 rings (SSSR count). The third kappa shape index (κ3) is 3.15. The fourth-order valence-electron chi connectivity index (χ4n) is 2.22. The van der Waals surface area contributed by atoms with Crippen LogP contribution in [0.2, 0.25) is 0 Å². The third-order valence-corrected chi connectivity index (χ3v) is 3.39. The number of rotatable bonds is 5. The van der Waals surface area contributed by atoms with Gasteiger partial charge < -0.3 is 15.0 Å². The van der Waals surface area contributed by atoms with Gasteiger partial charge >= 0.3 is 0 Å². The summed E-state index contributed by atoms with van der Waals surface area (Å²) < 4.78 is 10.5. The minimum absolute atomic E-state index is 0.325. The van der Waals surface area contributed by atoms with Crippen LogP contribution in [0.5, 0.6) is 5.75 Å². The summed E-state index contributed by atoms with van der Waals surface area (Å²) in [6.07, 6.45) is 0.653. The van der Waals surface area contributed by atoms with Gasteiger partial charge in [0, 0.05) is 5.56 Å². The molecule has 0 aliphatic heterocycles. The predicted molar refractivity (Wildman–Crippen MR) is 83.4 cm³/mol. The van der Waals surface area contributed by atoms with Crippen molar-refractivity contribution in [1.29, 1.82) is 0 Å². The molecule has 1 heterocycles. The van der Waals surface area contributed by atoms with Crippen molar-refractivity contribution in [1.82, 2.24) is 10.1 Å². The van der Waals surface area contributed by atoms with E-state index in [1.54, 1.807) is 7.11 Å². The number of nitrogens with zero attached hydrogens (tertiary/aromatic N) is 2. The molecule has 3 aromatic rings. The summed E-state index contributed by atoms with van der Waals surface area (Å²) in [5.41, 5.74) is 8.12. The zero-order chi connectivity index (χ0) is 15.4. The van der Waals surface area contributed by atoms with Crippen molar-refractivity contribution >= 4 is 0 Å². The van der Waals surface area contributed by atoms with Gasteiger partial charge in [-0.05, 0) is 24.1 Å². The van der Waals surface area contributed by atoms with E-state index in [-0.39, 0.29) is 6.04 Å². The van der Waals surface area contributed by atoms with Crippen molar-refractivity contribution in [3.05, 3.63) is 66.1 Å². The number of nitrogens with two attached hydrogens (primary N) is 1. The first-order valence-electron chi connectivity index (χ1n) is 7.04. The summed E-state index contributed by atoms with van der Waals surface area (Å²) in [5, 5.41) is 4.00. The fraction of sp³-hybridized carbons (Fsp3) is 0.176. The summed E-state index contributed by atoms with van der Waals surface area (Å²) in [7, 11) is 1.62. The van der Waals surface area contributed by atoms with E-state index in [1.807, 2.05) is 54.6 Å². The average molecular weight is 295 g/mol. The van der Waals surface area contributed by atoms with Crippen molar-refractivity contribution in [3.63, 3.8) is 0 Å². The lowest BCUT2D eigenvalue weighted by Gasteiger charge is -2.06. The van der Waals surface area contributed by atoms with Crippen LogP contribution < -0.4 is 10.5 Å². The highest BCUT2D eigenvalue weighted by Crippen LogP contribution is 2.23. The summed E-state index contributed by atoms with van der Waals surface area (Å²) >= 11 is 0. The molecule has 22 heavy (non-hydrogen) atoms. The maximum absolute atomic E-state index is 6.15. The number of methoxy groups -OCH3 is 1. The molecule has 1 unspecified atom stereocenters. The van der Waals surface area contributed by atoms with Crippen LogP contribution in [-0.2, 0) is 6.42 Å². The molecule has 0 aliphatic rings. The van der Waals surface area contributed by atoms with Crippen LogP contribution in [0.15, 0.2) is 59.1 Å². The molecule has 5 nitrogen and oxygen atoms in total. The Morgan fingerprint density at radius 2 is 1.95 bits per heavy atom. The molecule has 2 aromatic carbocycles. The Morgan fingerprint density at radius 1 is 1.14 bits per heavy atom. The van der Waals surface area contributed by atoms with E-state index >= 15 is 0 Å². The Bertz CT molecular complexity index is 740. The van der Waals surface area contributed by atoms with Gasteiger partial charge in [-0.15, -0.1) is 0 Å². The van der Waals surface area contributed by atoms with E-state index in [9.17, 15) is 0 Å². The minimum atomic E-state index is -0.325. The van der Waals surface area contributed by atoms with Crippen LogP contribution in [-0.4, -0.2) is 17.3 Å². The number of hydrogen-bond acceptors (Lipinski definition) is 5. The summed E-state index contributed by atoms with van der Waals surface area (Å²) in [4.78, 5) is 4.39. The highest BCUT2D eigenvalue weighted by molar-refractivity contribution is 5.56. The normalized spacial score (nSPS) is 12.1. The Balaban J connectivity index is 1.78. The molecule has 0 spiro atoms. The first-order valence-corrected chi connectivity index (χ1v) is 7.04. The van der Waals surface area contributed by atoms with Crippen molar-refractivity contribution in [2.75, 3.05) is 7.11 Å². The van der Waals surface area contributed by atoms with Crippen LogP contribution in [0.3, 0.4) is 0 Å². The zero-order valence-corrected chi connectivity index (χ0v) is 12.3. The van der Waals surface area contributed by atoms with Gasteiger partial charge in [0.25, 0.3) is 0 Å². The summed E-state index contributed by atoms with van der Waals surface area (Å²) in [5.74, 6) is 1.69. The molecule has 1 atom stereocenters. The Hall–Kier alpha value is -2.66. The fourth-order valence-corrected chi connectivity index (χ4v) is 2.22. The van der Waals surface area contributed by atoms with Gasteiger partial charge in [0.1, 0.15) is 5.75 Å². The van der Waals surface area contributed by atoms with Crippen LogP contribution in [0.1, 0.15) is 17.5 Å². The van der Waals surface area contributed by atoms with E-state index in [0.29, 0.717) is 18.1 Å². The maximum atomic E-state index is 6.15. The van der Waals surface area contributed by atoms with Crippen LogP contribution >= 0.6 is 0 Å². The molecular weight excluding hydrogens is 278 g/mol. The van der Waals surface area contributed by atoms with E-state index in [0.717, 1.165) is 16.9 Å². The molecule has 0 amide bonds. The maximum Gasteiger partial charge on any atom is 0.244 e. The number of benzene rings is 2. The van der Waals surface area contributed by atoms with Gasteiger partial charge in [-0.3, -0.25) is 0 Å². The summed E-state index contributed by atoms with van der Waals surface area (Å²) in [6.45, 7) is 0. The number of aromatic nitrogens is 2. The quantitative estimate of drug-likeness (QED) is 0.783. The molecule has 0 saturated carbocycles. The molecule has 0 bridgehead atoms. The lowest BCUT2D eigenvalue weighted by Crippen LogP contribution is -2.13. The second-order valence-corrected chi connectivity index (χ2v) is 4.98. The standard InChI is InChI=1S/C17H17N3O2/c1-21-14-9-5-8-13(11-14)16-19-17(22-20-16)15(18)10-12-6-3-2-4-7-12/h2-9,11,15H,10,18H2,1H3. The van der Waals surface area contributed by atoms with Gasteiger partial charge in [0.15, 0.2) is 0 Å². The lowest BCUT2D eigenvalue weighted by molar-refractivity contribution is 0.354. The topological polar surface area (TPSA) is 74.2 Å². The molecule has 2 N–H and O–H groups in total. The molecule has 0 radical (unpaired) electrons. The molecule has 0 aliphatic carbocycles. The van der Waals surface area contributed by atoms with E-state index in [4.69, 9.17) is 15.0 Å². The molecule has 5 heteroatoms. The SMILES string of the molecule is COc1cccc(-c2noc(C(N)Cc3ccccc3)n2)c1. The third-order valence-electron chi connectivity index (χ3n) is 3.39. The average Bonchev–Trinajstić information content (AvgIpc) is 3.06. The van der Waals surface area contributed by atoms with Crippen LogP contribution in [0.4, 0.5) is 0 Å². The second kappa shape index (κ2) is 6.41. The van der Waals surface area contributed by atoms with Gasteiger partial charge in [-0.1, -0.05) is 47.6 Å². The monoisotopic (exact) mass is 295 g/mol. The largest absolute Gasteiger partial charge is 0.497 e. The van der Waals surface area contributed by atoms with Gasteiger partial charge in [-0.25, -0.2) is 0 Å². The van der Waals surface area contributed by atoms with Gasteiger partial charge in [-0.2, -0.15) is 4.98 Å². The lowest BCUT2D eigenvalue weighted by atomic mass is 10.1. The molecule has 112 valence electrons. The predicted octanol–water partition coefficient (Wildman–Crippen LogP) is 2.99. The number of hydrogen-bond donors (Lipinski definition) is 1. The van der Waals surface area contributed by atoms with Crippen molar-refractivity contribution in [2.24, 2.45) is 5.73 Å². The first kappa shape index (κ1) is 14.3. The highest BCUT2D eigenvalue weighted by Gasteiger charge is 2.16. The zero-order valence-electron chi connectivity index (χ0n) is 12.3. The summed E-state index contributed by atoms with van der Waals surface area (Å²) in [6, 6.07) is 17.2. The smallest absolute Gasteiger partial charge is 0.244 e. The Morgan fingerprint density at radius 3 is 2.73 bits per heavy atom. The molecule has 0 fully saturated rings. The first-order chi connectivity index (χ1) is 10.8.